The van der Waals surface area contributed by atoms with Crippen molar-refractivity contribution in [3.8, 4) is 0 Å². The second-order valence-electron chi connectivity index (χ2n) is 0.0452. The van der Waals surface area contributed by atoms with Gasteiger partial charge in [-0.2, -0.15) is 0 Å². The van der Waals surface area contributed by atoms with Crippen molar-refractivity contribution in [2.45, 2.75) is 0 Å². The van der Waals surface area contributed by atoms with E-state index < -0.39 is 0 Å². The Morgan fingerprint density at radius 2 is 0.714 bits per heavy atom. The Hall–Kier alpha value is 1.08. The minimum atomic E-state index is -0.106. The van der Waals surface area contributed by atoms with Crippen molar-refractivity contribution in [2.24, 2.45) is 0 Å². The van der Waals surface area contributed by atoms with Crippen LogP contribution in [-0.4, -0.2) is 21.9 Å². The van der Waals surface area contributed by atoms with Crippen molar-refractivity contribution < 1.29 is 37.8 Å². The van der Waals surface area contributed by atoms with Gasteiger partial charge in [-0.1, -0.05) is 0 Å². The zero-order chi connectivity index (χ0) is 2.71. The van der Waals surface area contributed by atoms with E-state index in [-0.39, 0.29) is 37.8 Å². The van der Waals surface area contributed by atoms with Gasteiger partial charge in [-0.25, -0.2) is 0 Å². The van der Waals surface area contributed by atoms with Crippen molar-refractivity contribution in [2.75, 3.05) is 0 Å². The molecule has 0 unspecified atom stereocenters. The second kappa shape index (κ2) is 60.4. The molecule has 0 aliphatic heterocycles. The van der Waals surface area contributed by atoms with Crippen LogP contribution in [0.15, 0.2) is 0 Å². The minimum absolute atomic E-state index is 0. The van der Waals surface area contributed by atoms with E-state index in [9.17, 15) is 0 Å². The van der Waals surface area contributed by atoms with Crippen LogP contribution >= 0.6 is 19.1 Å². The zero-order valence-electron chi connectivity index (χ0n) is 3.07. The third kappa shape index (κ3) is 156. The van der Waals surface area contributed by atoms with Crippen LogP contribution in [0.1, 0.15) is 0 Å². The second-order valence-corrected chi connectivity index (χ2v) is 2.41. The summed E-state index contributed by atoms with van der Waals surface area (Å²) in [5.41, 5.74) is 0. The fraction of sp³-hybridized carbons (Fsp3) is 0. The molecule has 0 aliphatic rings. The Morgan fingerprint density at radius 3 is 0.714 bits per heavy atom. The van der Waals surface area contributed by atoms with Gasteiger partial charge in [0.25, 0.3) is 0 Å². The average Bonchev–Trinajstić information content (AvgIpc) is 0.918. The summed E-state index contributed by atoms with van der Waals surface area (Å²) in [5, 5.41) is 0. The first kappa shape index (κ1) is 42.7. The van der Waals surface area contributed by atoms with Crippen LogP contribution in [0.3, 0.4) is 0 Å². The van der Waals surface area contributed by atoms with Crippen LogP contribution in [0.2, 0.25) is 0 Å². The Balaban J connectivity index is -0.00000000333. The molecule has 7 heavy (non-hydrogen) atoms. The van der Waals surface area contributed by atoms with Gasteiger partial charge in [0.15, 0.2) is 0 Å². The van der Waals surface area contributed by atoms with E-state index in [1.54, 1.807) is 0 Å². The molecule has 0 rings (SSSR count). The summed E-state index contributed by atoms with van der Waals surface area (Å²) in [5.74, 6) is 0. The molecule has 0 aliphatic carbocycles. The molecule has 4 nitrogen and oxygen atoms in total. The van der Waals surface area contributed by atoms with Gasteiger partial charge in [0.2, 0.25) is 0 Å². The third-order valence-corrected chi connectivity index (χ3v) is 0. The van der Waals surface area contributed by atoms with E-state index in [0.29, 0.717) is 0 Å². The molecular formula is H8Cl2O4Pd. The molecule has 0 aromatic heterocycles. The first-order chi connectivity index (χ1) is 1.41. The Morgan fingerprint density at radius 1 is 0.714 bits per heavy atom. The molecule has 7 heteroatoms. The molecule has 0 radical (unpaired) electrons. The molecular weight excluding hydrogens is 241 g/mol. The molecule has 8 N–H and O–H groups in total. The maximum atomic E-state index is 4.81. The fourth-order valence-electron chi connectivity index (χ4n) is 0. The molecule has 0 spiro atoms. The first-order valence-electron chi connectivity index (χ1n) is 0.239. The Labute approximate surface area is 57.1 Å². The van der Waals surface area contributed by atoms with Crippen molar-refractivity contribution in [3.63, 3.8) is 0 Å². The van der Waals surface area contributed by atoms with Crippen LogP contribution in [0, 0.1) is 0 Å². The molecule has 0 bridgehead atoms. The van der Waals surface area contributed by atoms with Gasteiger partial charge in [-0.3, -0.25) is 0 Å². The van der Waals surface area contributed by atoms with E-state index in [1.165, 1.54) is 0 Å². The summed E-state index contributed by atoms with van der Waals surface area (Å²) in [6.07, 6.45) is 0. The topological polar surface area (TPSA) is 126 Å². The Kier molecular flexibility index (Phi) is 368. The van der Waals surface area contributed by atoms with Crippen molar-refractivity contribution >= 4 is 19.1 Å². The van der Waals surface area contributed by atoms with Gasteiger partial charge in [0.1, 0.15) is 0 Å². The van der Waals surface area contributed by atoms with Gasteiger partial charge < -0.3 is 21.9 Å². The van der Waals surface area contributed by atoms with E-state index in [4.69, 9.17) is 19.1 Å². The van der Waals surface area contributed by atoms with Gasteiger partial charge in [0.05, 0.1) is 0 Å². The van der Waals surface area contributed by atoms with E-state index in [0.717, 1.165) is 0 Å². The zero-order valence-corrected chi connectivity index (χ0v) is 6.14. The SMILES string of the molecule is O.O.O.O.[Cl][Pd][Cl]. The molecule has 0 saturated heterocycles. The summed E-state index contributed by atoms with van der Waals surface area (Å²) in [6, 6.07) is 0. The van der Waals surface area contributed by atoms with Crippen LogP contribution < -0.4 is 0 Å². The fourth-order valence-corrected chi connectivity index (χ4v) is 0. The summed E-state index contributed by atoms with van der Waals surface area (Å²) >= 11 is -0.106. The standard InChI is InChI=1S/2ClH.4H2O.Pd/h2*1H;4*1H2;/q;;;;;;+2/p-2. The van der Waals surface area contributed by atoms with Crippen molar-refractivity contribution in [1.82, 2.24) is 0 Å². The van der Waals surface area contributed by atoms with Gasteiger partial charge >= 0.3 is 35.0 Å². The molecule has 0 heterocycles. The van der Waals surface area contributed by atoms with E-state index in [1.807, 2.05) is 0 Å². The molecule has 0 amide bonds. The third-order valence-electron chi connectivity index (χ3n) is 0. The summed E-state index contributed by atoms with van der Waals surface area (Å²) in [7, 11) is 9.63. The van der Waals surface area contributed by atoms with Crippen molar-refractivity contribution in [3.05, 3.63) is 0 Å². The number of hydrogen-bond acceptors (Lipinski definition) is 0. The average molecular weight is 249 g/mol. The summed E-state index contributed by atoms with van der Waals surface area (Å²) in [4.78, 5) is 0. The molecule has 0 aromatic carbocycles. The predicted molar refractivity (Wildman–Crippen MR) is 26.2 cm³/mol. The predicted octanol–water partition coefficient (Wildman–Crippen LogP) is -1.92. The number of rotatable bonds is 0. The van der Waals surface area contributed by atoms with Crippen molar-refractivity contribution in [1.29, 1.82) is 0 Å². The molecule has 0 saturated carbocycles. The quantitative estimate of drug-likeness (QED) is 0.444. The molecule has 0 aromatic rings. The molecule has 56 valence electrons. The molecule has 0 fully saturated rings. The monoisotopic (exact) mass is 248 g/mol. The number of hydrogen-bond donors (Lipinski definition) is 0. The van der Waals surface area contributed by atoms with Gasteiger partial charge in [-0.05, 0) is 0 Å². The van der Waals surface area contributed by atoms with E-state index in [2.05, 4.69) is 0 Å². The maximum absolute atomic E-state index is 4.81. The van der Waals surface area contributed by atoms with E-state index >= 15 is 0 Å². The van der Waals surface area contributed by atoms with Gasteiger partial charge in [-0.15, -0.1) is 0 Å². The van der Waals surface area contributed by atoms with Gasteiger partial charge in [0, 0.05) is 0 Å². The molecule has 0 atom stereocenters. The Bertz CT molecular complexity index is 9.65. The normalized spacial score (nSPS) is 3.14. The van der Waals surface area contributed by atoms with Crippen LogP contribution in [0.4, 0.5) is 0 Å². The van der Waals surface area contributed by atoms with Crippen LogP contribution in [0.25, 0.3) is 0 Å². The van der Waals surface area contributed by atoms with Crippen LogP contribution in [-0.2, 0) is 15.9 Å². The van der Waals surface area contributed by atoms with Crippen LogP contribution in [0.5, 0.6) is 0 Å². The summed E-state index contributed by atoms with van der Waals surface area (Å²) < 4.78 is 0. The first-order valence-corrected chi connectivity index (χ1v) is 4.24. The summed E-state index contributed by atoms with van der Waals surface area (Å²) in [6.45, 7) is 0. The number of halogens is 2.